The second-order valence-electron chi connectivity index (χ2n) is 6.93. The maximum absolute atomic E-state index is 12.6. The first-order chi connectivity index (χ1) is 13.1. The summed E-state index contributed by atoms with van der Waals surface area (Å²) in [5.74, 6) is 0.757. The van der Waals surface area contributed by atoms with E-state index < -0.39 is 0 Å². The Morgan fingerprint density at radius 3 is 2.74 bits per heavy atom. The predicted octanol–water partition coefficient (Wildman–Crippen LogP) is 4.39. The maximum atomic E-state index is 12.6. The number of ether oxygens (including phenoxy) is 1. The molecule has 138 valence electrons. The van der Waals surface area contributed by atoms with Gasteiger partial charge < -0.3 is 9.64 Å². The predicted molar refractivity (Wildman–Crippen MR) is 108 cm³/mol. The molecule has 0 saturated heterocycles. The fraction of sp³-hybridized carbons (Fsp3) is 0.273. The molecule has 4 nitrogen and oxygen atoms in total. The number of nitrogens with zero attached hydrogens (tertiary/aromatic N) is 2. The van der Waals surface area contributed by atoms with Crippen molar-refractivity contribution in [1.82, 2.24) is 9.88 Å². The van der Waals surface area contributed by atoms with Crippen LogP contribution < -0.4 is 4.74 Å². The van der Waals surface area contributed by atoms with Gasteiger partial charge in [0.1, 0.15) is 10.8 Å². The molecule has 0 aliphatic carbocycles. The van der Waals surface area contributed by atoms with Crippen molar-refractivity contribution in [1.29, 1.82) is 0 Å². The molecule has 2 heterocycles. The molecule has 1 aliphatic heterocycles. The lowest BCUT2D eigenvalue weighted by molar-refractivity contribution is -0.134. The summed E-state index contributed by atoms with van der Waals surface area (Å²) in [5, 5.41) is 1.03. The average molecular weight is 378 g/mol. The Kier molecular flexibility index (Phi) is 4.94. The summed E-state index contributed by atoms with van der Waals surface area (Å²) >= 11 is 1.69. The third-order valence-electron chi connectivity index (χ3n) is 4.73. The van der Waals surface area contributed by atoms with Gasteiger partial charge in [-0.15, -0.1) is 11.3 Å². The largest absolute Gasteiger partial charge is 0.484 e. The van der Waals surface area contributed by atoms with Crippen molar-refractivity contribution in [3.63, 3.8) is 0 Å². The van der Waals surface area contributed by atoms with Crippen molar-refractivity contribution in [2.24, 2.45) is 0 Å². The van der Waals surface area contributed by atoms with E-state index >= 15 is 0 Å². The van der Waals surface area contributed by atoms with E-state index in [0.717, 1.165) is 34.0 Å². The summed E-state index contributed by atoms with van der Waals surface area (Å²) in [6.07, 6.45) is 0.799. The fourth-order valence-electron chi connectivity index (χ4n) is 3.17. The quantitative estimate of drug-likeness (QED) is 0.676. The lowest BCUT2D eigenvalue weighted by atomic mass is 10.1. The number of hydrogen-bond acceptors (Lipinski definition) is 4. The van der Waals surface area contributed by atoms with Crippen LogP contribution in [0, 0.1) is 13.8 Å². The van der Waals surface area contributed by atoms with Crippen LogP contribution in [0.3, 0.4) is 0 Å². The lowest BCUT2D eigenvalue weighted by Crippen LogP contribution is -2.38. The molecule has 0 radical (unpaired) electrons. The minimum atomic E-state index is 0.0208. The van der Waals surface area contributed by atoms with Crippen LogP contribution in [0.2, 0.25) is 0 Å². The fourth-order valence-corrected chi connectivity index (χ4v) is 4.30. The highest BCUT2D eigenvalue weighted by Gasteiger charge is 2.24. The number of amides is 1. The van der Waals surface area contributed by atoms with Gasteiger partial charge in [-0.05, 0) is 31.5 Å². The van der Waals surface area contributed by atoms with Gasteiger partial charge in [0, 0.05) is 23.4 Å². The molecule has 0 N–H and O–H groups in total. The summed E-state index contributed by atoms with van der Waals surface area (Å²) in [4.78, 5) is 20.4. The Labute approximate surface area is 163 Å². The minimum absolute atomic E-state index is 0.0208. The highest BCUT2D eigenvalue weighted by Crippen LogP contribution is 2.31. The van der Waals surface area contributed by atoms with Gasteiger partial charge >= 0.3 is 0 Å². The van der Waals surface area contributed by atoms with Crippen LogP contribution in [0.5, 0.6) is 5.75 Å². The molecule has 1 aliphatic rings. The second-order valence-corrected chi connectivity index (χ2v) is 8.01. The molecule has 0 atom stereocenters. The number of fused-ring (bicyclic) bond motifs is 1. The maximum Gasteiger partial charge on any atom is 0.260 e. The first kappa shape index (κ1) is 17.7. The normalized spacial score (nSPS) is 13.3. The van der Waals surface area contributed by atoms with Crippen molar-refractivity contribution >= 4 is 17.2 Å². The molecule has 0 fully saturated rings. The van der Waals surface area contributed by atoms with Crippen LogP contribution in [-0.4, -0.2) is 28.9 Å². The van der Waals surface area contributed by atoms with Gasteiger partial charge in [0.15, 0.2) is 6.61 Å². The summed E-state index contributed by atoms with van der Waals surface area (Å²) in [6, 6.07) is 16.2. The number of rotatable bonds is 4. The van der Waals surface area contributed by atoms with Gasteiger partial charge in [0.2, 0.25) is 0 Å². The molecule has 0 unspecified atom stereocenters. The third-order valence-corrected chi connectivity index (χ3v) is 5.87. The minimum Gasteiger partial charge on any atom is -0.484 e. The van der Waals surface area contributed by atoms with Crippen LogP contribution in [0.15, 0.2) is 48.5 Å². The average Bonchev–Trinajstić information content (AvgIpc) is 3.10. The van der Waals surface area contributed by atoms with Crippen molar-refractivity contribution in [2.75, 3.05) is 13.2 Å². The molecule has 0 bridgehead atoms. The molecule has 27 heavy (non-hydrogen) atoms. The van der Waals surface area contributed by atoms with E-state index in [9.17, 15) is 4.79 Å². The van der Waals surface area contributed by atoms with Gasteiger partial charge in [-0.1, -0.05) is 42.0 Å². The Morgan fingerprint density at radius 2 is 1.96 bits per heavy atom. The van der Waals surface area contributed by atoms with Gasteiger partial charge in [-0.3, -0.25) is 4.79 Å². The van der Waals surface area contributed by atoms with Crippen molar-refractivity contribution in [3.05, 3.63) is 70.2 Å². The van der Waals surface area contributed by atoms with Crippen LogP contribution >= 0.6 is 11.3 Å². The Hall–Kier alpha value is -2.66. The van der Waals surface area contributed by atoms with Crippen molar-refractivity contribution in [3.8, 4) is 16.3 Å². The van der Waals surface area contributed by atoms with E-state index in [-0.39, 0.29) is 12.5 Å². The zero-order chi connectivity index (χ0) is 18.8. The van der Waals surface area contributed by atoms with Gasteiger partial charge in [-0.2, -0.15) is 0 Å². The van der Waals surface area contributed by atoms with Crippen molar-refractivity contribution < 1.29 is 9.53 Å². The molecule has 0 saturated carbocycles. The number of aryl methyl sites for hydroxylation is 2. The highest BCUT2D eigenvalue weighted by atomic mass is 32.1. The zero-order valence-electron chi connectivity index (χ0n) is 15.6. The number of aromatic nitrogens is 1. The van der Waals surface area contributed by atoms with E-state index in [0.29, 0.717) is 13.1 Å². The number of benzene rings is 2. The summed E-state index contributed by atoms with van der Waals surface area (Å²) in [6.45, 7) is 5.48. The van der Waals surface area contributed by atoms with Gasteiger partial charge in [0.05, 0.1) is 12.2 Å². The SMILES string of the molecule is Cc1ccc(-c2nc3c(s2)CN(C(=O)COc2cccc(C)c2)CC3)cc1. The van der Waals surface area contributed by atoms with E-state index in [4.69, 9.17) is 9.72 Å². The molecular weight excluding hydrogens is 356 g/mol. The monoisotopic (exact) mass is 378 g/mol. The highest BCUT2D eigenvalue weighted by molar-refractivity contribution is 7.15. The van der Waals surface area contributed by atoms with Gasteiger partial charge in [-0.25, -0.2) is 4.98 Å². The molecule has 4 rings (SSSR count). The van der Waals surface area contributed by atoms with E-state index in [1.54, 1.807) is 11.3 Å². The molecular formula is C22H22N2O2S. The molecule has 2 aromatic carbocycles. The standard InChI is InChI=1S/C22H22N2O2S/c1-15-6-8-17(9-7-15)22-23-19-10-11-24(13-20(19)27-22)21(25)14-26-18-5-3-4-16(2)12-18/h3-9,12H,10-11,13-14H2,1-2H3. The number of carbonyl (C=O) groups excluding carboxylic acids is 1. The van der Waals surface area contributed by atoms with Gasteiger partial charge in [0.25, 0.3) is 5.91 Å². The number of carbonyl (C=O) groups is 1. The molecule has 5 heteroatoms. The Bertz CT molecular complexity index is 963. The first-order valence-electron chi connectivity index (χ1n) is 9.11. The lowest BCUT2D eigenvalue weighted by Gasteiger charge is -2.26. The number of thiazole rings is 1. The third kappa shape index (κ3) is 4.03. The topological polar surface area (TPSA) is 42.4 Å². The van der Waals surface area contributed by atoms with E-state index in [1.807, 2.05) is 36.1 Å². The van der Waals surface area contributed by atoms with Crippen LogP contribution in [0.25, 0.3) is 10.6 Å². The van der Waals surface area contributed by atoms with Crippen LogP contribution in [-0.2, 0) is 17.8 Å². The Morgan fingerprint density at radius 1 is 1.15 bits per heavy atom. The summed E-state index contributed by atoms with van der Waals surface area (Å²) in [5.41, 5.74) is 4.63. The van der Waals surface area contributed by atoms with E-state index in [1.165, 1.54) is 10.4 Å². The molecule has 3 aromatic rings. The van der Waals surface area contributed by atoms with E-state index in [2.05, 4.69) is 31.2 Å². The van der Waals surface area contributed by atoms with Crippen LogP contribution in [0.1, 0.15) is 21.7 Å². The molecule has 1 amide bonds. The molecule has 0 spiro atoms. The smallest absolute Gasteiger partial charge is 0.260 e. The first-order valence-corrected chi connectivity index (χ1v) is 9.93. The second kappa shape index (κ2) is 7.53. The molecule has 1 aromatic heterocycles. The summed E-state index contributed by atoms with van der Waals surface area (Å²) in [7, 11) is 0. The van der Waals surface area contributed by atoms with Crippen LogP contribution in [0.4, 0.5) is 0 Å². The Balaban J connectivity index is 1.42. The van der Waals surface area contributed by atoms with Crippen molar-refractivity contribution in [2.45, 2.75) is 26.8 Å². The zero-order valence-corrected chi connectivity index (χ0v) is 16.4. The summed E-state index contributed by atoms with van der Waals surface area (Å²) < 4.78 is 5.67. The number of hydrogen-bond donors (Lipinski definition) is 0.